The average molecular weight is 311 g/mol. The van der Waals surface area contributed by atoms with Crippen LogP contribution in [0.25, 0.3) is 0 Å². The molecule has 1 aliphatic rings. The van der Waals surface area contributed by atoms with Crippen LogP contribution in [-0.4, -0.2) is 6.54 Å². The molecule has 0 aliphatic heterocycles. The Labute approximate surface area is 118 Å². The molecule has 2 nitrogen and oxygen atoms in total. The summed E-state index contributed by atoms with van der Waals surface area (Å²) in [6.45, 7) is 3.10. The van der Waals surface area contributed by atoms with Crippen molar-refractivity contribution >= 4 is 27.3 Å². The molecule has 0 saturated heterocycles. The normalized spacial score (nSPS) is 16.1. The van der Waals surface area contributed by atoms with Crippen LogP contribution in [0.2, 0.25) is 0 Å². The fraction of sp³-hybridized carbons (Fsp3) is 0.600. The van der Waals surface area contributed by atoms with Gasteiger partial charge < -0.3 is 11.1 Å². The van der Waals surface area contributed by atoms with Gasteiger partial charge >= 0.3 is 0 Å². The molecular weight excluding hydrogens is 288 g/mol. The molecule has 2 rings (SSSR count). The molecule has 3 heteroatoms. The number of nitrogen functional groups attached to an aromatic ring is 1. The molecule has 0 atom stereocenters. The molecular formula is C15H23BrN2. The van der Waals surface area contributed by atoms with Gasteiger partial charge in [-0.2, -0.15) is 0 Å². The molecule has 0 unspecified atom stereocenters. The van der Waals surface area contributed by atoms with Crippen molar-refractivity contribution in [1.29, 1.82) is 0 Å². The maximum atomic E-state index is 5.87. The molecule has 1 aromatic rings. The van der Waals surface area contributed by atoms with E-state index in [9.17, 15) is 0 Å². The second-order valence-corrected chi connectivity index (χ2v) is 6.26. The highest BCUT2D eigenvalue weighted by Crippen LogP contribution is 2.30. The minimum absolute atomic E-state index is 0.846. The van der Waals surface area contributed by atoms with Crippen molar-refractivity contribution in [3.63, 3.8) is 0 Å². The lowest BCUT2D eigenvalue weighted by Crippen LogP contribution is -2.05. The highest BCUT2D eigenvalue weighted by atomic mass is 79.9. The largest absolute Gasteiger partial charge is 0.398 e. The van der Waals surface area contributed by atoms with Crippen LogP contribution in [0.1, 0.15) is 44.1 Å². The van der Waals surface area contributed by atoms with Gasteiger partial charge in [0.25, 0.3) is 0 Å². The molecule has 1 saturated carbocycles. The van der Waals surface area contributed by atoms with E-state index in [1.54, 1.807) is 0 Å². The van der Waals surface area contributed by atoms with Crippen LogP contribution in [-0.2, 0) is 0 Å². The number of rotatable bonds is 5. The van der Waals surface area contributed by atoms with Gasteiger partial charge in [0, 0.05) is 22.4 Å². The van der Waals surface area contributed by atoms with Gasteiger partial charge in [0.1, 0.15) is 0 Å². The second kappa shape index (κ2) is 6.46. The van der Waals surface area contributed by atoms with Crippen molar-refractivity contribution in [3.8, 4) is 0 Å². The summed E-state index contributed by atoms with van der Waals surface area (Å²) in [7, 11) is 0. The lowest BCUT2D eigenvalue weighted by atomic mass is 10.0. The van der Waals surface area contributed by atoms with Crippen LogP contribution in [0.5, 0.6) is 0 Å². The Bertz CT molecular complexity index is 398. The van der Waals surface area contributed by atoms with Gasteiger partial charge in [-0.3, -0.25) is 0 Å². The maximum Gasteiger partial charge on any atom is 0.0488 e. The Morgan fingerprint density at radius 1 is 1.33 bits per heavy atom. The standard InChI is InChI=1S/C15H23BrN2/c1-11-9-15(13(16)10-14(11)17)18-8-4-7-12-5-2-3-6-12/h9-10,12,18H,2-8,17H2,1H3. The average Bonchev–Trinajstić information content (AvgIpc) is 2.84. The van der Waals surface area contributed by atoms with Crippen molar-refractivity contribution in [2.24, 2.45) is 5.92 Å². The van der Waals surface area contributed by atoms with Crippen LogP contribution in [0.4, 0.5) is 11.4 Å². The van der Waals surface area contributed by atoms with Crippen molar-refractivity contribution in [2.75, 3.05) is 17.6 Å². The molecule has 3 N–H and O–H groups in total. The van der Waals surface area contributed by atoms with E-state index in [4.69, 9.17) is 5.73 Å². The van der Waals surface area contributed by atoms with E-state index in [0.717, 1.165) is 33.9 Å². The summed E-state index contributed by atoms with van der Waals surface area (Å²) in [6.07, 6.45) is 8.43. The molecule has 100 valence electrons. The predicted octanol–water partition coefficient (Wildman–Crippen LogP) is 4.72. The van der Waals surface area contributed by atoms with E-state index in [1.165, 1.54) is 38.5 Å². The Balaban J connectivity index is 1.77. The molecule has 1 aromatic carbocycles. The number of aryl methyl sites for hydroxylation is 1. The number of hydrogen-bond acceptors (Lipinski definition) is 2. The van der Waals surface area contributed by atoms with Crippen LogP contribution < -0.4 is 11.1 Å². The van der Waals surface area contributed by atoms with E-state index in [2.05, 4.69) is 27.3 Å². The lowest BCUT2D eigenvalue weighted by molar-refractivity contribution is 0.491. The highest BCUT2D eigenvalue weighted by Gasteiger charge is 2.14. The zero-order valence-corrected chi connectivity index (χ0v) is 12.7. The minimum Gasteiger partial charge on any atom is -0.398 e. The molecule has 0 aromatic heterocycles. The molecule has 0 bridgehead atoms. The van der Waals surface area contributed by atoms with E-state index in [0.29, 0.717) is 0 Å². The number of nitrogens with two attached hydrogens (primary N) is 1. The third-order valence-corrected chi connectivity index (χ3v) is 4.59. The SMILES string of the molecule is Cc1cc(NCCCC2CCCC2)c(Br)cc1N. The smallest absolute Gasteiger partial charge is 0.0488 e. The first kappa shape index (κ1) is 13.7. The van der Waals surface area contributed by atoms with Gasteiger partial charge in [0.2, 0.25) is 0 Å². The van der Waals surface area contributed by atoms with E-state index >= 15 is 0 Å². The minimum atomic E-state index is 0.846. The monoisotopic (exact) mass is 310 g/mol. The first-order valence-electron chi connectivity index (χ1n) is 6.96. The van der Waals surface area contributed by atoms with Gasteiger partial charge in [-0.25, -0.2) is 0 Å². The van der Waals surface area contributed by atoms with Crippen molar-refractivity contribution in [2.45, 2.75) is 45.4 Å². The number of halogens is 1. The van der Waals surface area contributed by atoms with Gasteiger partial charge in [-0.05, 0) is 59.3 Å². The van der Waals surface area contributed by atoms with E-state index in [-0.39, 0.29) is 0 Å². The second-order valence-electron chi connectivity index (χ2n) is 5.41. The Morgan fingerprint density at radius 3 is 2.78 bits per heavy atom. The quantitative estimate of drug-likeness (QED) is 0.610. The van der Waals surface area contributed by atoms with Crippen molar-refractivity contribution in [3.05, 3.63) is 22.2 Å². The summed E-state index contributed by atoms with van der Waals surface area (Å²) in [4.78, 5) is 0. The summed E-state index contributed by atoms with van der Waals surface area (Å²) in [5, 5.41) is 3.50. The van der Waals surface area contributed by atoms with Crippen LogP contribution >= 0.6 is 15.9 Å². The topological polar surface area (TPSA) is 38.0 Å². The van der Waals surface area contributed by atoms with Gasteiger partial charge in [0.05, 0.1) is 0 Å². The van der Waals surface area contributed by atoms with Crippen molar-refractivity contribution in [1.82, 2.24) is 0 Å². The zero-order chi connectivity index (χ0) is 13.0. The number of nitrogens with one attached hydrogen (secondary N) is 1. The third-order valence-electron chi connectivity index (χ3n) is 3.94. The molecule has 0 heterocycles. The highest BCUT2D eigenvalue weighted by molar-refractivity contribution is 9.10. The molecule has 0 spiro atoms. The molecule has 0 amide bonds. The fourth-order valence-corrected chi connectivity index (χ4v) is 3.25. The summed E-state index contributed by atoms with van der Waals surface area (Å²) in [6, 6.07) is 4.10. The number of anilines is 2. The van der Waals surface area contributed by atoms with Gasteiger partial charge in [-0.15, -0.1) is 0 Å². The van der Waals surface area contributed by atoms with Crippen molar-refractivity contribution < 1.29 is 0 Å². The lowest BCUT2D eigenvalue weighted by Gasteiger charge is -2.13. The number of hydrogen-bond donors (Lipinski definition) is 2. The summed E-state index contributed by atoms with van der Waals surface area (Å²) in [5.41, 5.74) is 9.01. The third kappa shape index (κ3) is 3.64. The van der Waals surface area contributed by atoms with E-state index in [1.807, 2.05) is 13.0 Å². The predicted molar refractivity (Wildman–Crippen MR) is 83.0 cm³/mol. The molecule has 1 aliphatic carbocycles. The molecule has 18 heavy (non-hydrogen) atoms. The summed E-state index contributed by atoms with van der Waals surface area (Å²) in [5.74, 6) is 0.989. The first-order chi connectivity index (χ1) is 8.66. The van der Waals surface area contributed by atoms with Gasteiger partial charge in [0.15, 0.2) is 0 Å². The first-order valence-corrected chi connectivity index (χ1v) is 7.75. The fourth-order valence-electron chi connectivity index (χ4n) is 2.75. The van der Waals surface area contributed by atoms with Crippen LogP contribution in [0.15, 0.2) is 16.6 Å². The van der Waals surface area contributed by atoms with Crippen LogP contribution in [0, 0.1) is 12.8 Å². The Morgan fingerprint density at radius 2 is 2.06 bits per heavy atom. The summed E-state index contributed by atoms with van der Waals surface area (Å²) >= 11 is 3.56. The molecule has 1 fully saturated rings. The Hall–Kier alpha value is -0.700. The maximum absolute atomic E-state index is 5.87. The number of benzene rings is 1. The Kier molecular flexibility index (Phi) is 4.93. The molecule has 0 radical (unpaired) electrons. The van der Waals surface area contributed by atoms with E-state index < -0.39 is 0 Å². The summed E-state index contributed by atoms with van der Waals surface area (Å²) < 4.78 is 1.06. The zero-order valence-electron chi connectivity index (χ0n) is 11.1. The van der Waals surface area contributed by atoms with Gasteiger partial charge in [-0.1, -0.05) is 25.7 Å². The van der Waals surface area contributed by atoms with Crippen LogP contribution in [0.3, 0.4) is 0 Å².